The van der Waals surface area contributed by atoms with Gasteiger partial charge in [0.2, 0.25) is 5.88 Å². The van der Waals surface area contributed by atoms with E-state index in [9.17, 15) is 5.26 Å². The molecule has 1 atom stereocenters. The third-order valence-corrected chi connectivity index (χ3v) is 5.88. The number of pyridine rings is 1. The molecule has 0 spiro atoms. The van der Waals surface area contributed by atoms with Gasteiger partial charge in [-0.05, 0) is 18.6 Å². The summed E-state index contributed by atoms with van der Waals surface area (Å²) in [6.07, 6.45) is 0. The van der Waals surface area contributed by atoms with Crippen molar-refractivity contribution in [1.82, 2.24) is 4.98 Å². The molecule has 1 aromatic heterocycles. The fourth-order valence-electron chi connectivity index (χ4n) is 3.21. The molecule has 5 nitrogen and oxygen atoms in total. The Morgan fingerprint density at radius 1 is 1.19 bits per heavy atom. The van der Waals surface area contributed by atoms with Gasteiger partial charge in [0, 0.05) is 11.3 Å². The van der Waals surface area contributed by atoms with E-state index >= 15 is 0 Å². The van der Waals surface area contributed by atoms with Gasteiger partial charge in [0.15, 0.2) is 0 Å². The molecule has 4 rings (SSSR count). The number of thioether (sulfide) groups is 1. The van der Waals surface area contributed by atoms with Gasteiger partial charge in [-0.1, -0.05) is 48.0 Å². The van der Waals surface area contributed by atoms with Crippen LogP contribution in [0.2, 0.25) is 0 Å². The first-order valence-electron chi connectivity index (χ1n) is 8.51. The highest BCUT2D eigenvalue weighted by atomic mass is 32.2. The second-order valence-electron chi connectivity index (χ2n) is 6.44. The maximum atomic E-state index is 9.44. The Hall–Kier alpha value is -3.17. The maximum absolute atomic E-state index is 9.44. The van der Waals surface area contributed by atoms with E-state index in [1.807, 2.05) is 37.3 Å². The SMILES string of the molecule is Cc1ccc2c(c1)C(SCc1ccccc1)c1c(nc(N)c(C#N)c1N)O2. The molecule has 6 heteroatoms. The van der Waals surface area contributed by atoms with Crippen molar-refractivity contribution in [2.75, 3.05) is 11.5 Å². The molecule has 0 radical (unpaired) electrons. The molecule has 1 unspecified atom stereocenters. The zero-order chi connectivity index (χ0) is 19.0. The molecule has 0 bridgehead atoms. The highest BCUT2D eigenvalue weighted by molar-refractivity contribution is 7.99. The quantitative estimate of drug-likeness (QED) is 0.698. The standard InChI is InChI=1S/C21H18N4OS/c1-12-7-8-16-14(9-12)19(27-11-13-5-3-2-4-6-13)17-18(23)15(10-22)20(24)25-21(17)26-16/h2-9,19H,11H2,1H3,(H4,23,24,25). The largest absolute Gasteiger partial charge is 0.438 e. The van der Waals surface area contributed by atoms with E-state index in [0.717, 1.165) is 28.2 Å². The summed E-state index contributed by atoms with van der Waals surface area (Å²) in [4.78, 5) is 4.31. The molecule has 0 amide bonds. The number of fused-ring (bicyclic) bond motifs is 2. The minimum atomic E-state index is -0.0935. The van der Waals surface area contributed by atoms with Crippen LogP contribution in [0.3, 0.4) is 0 Å². The fraction of sp³-hybridized carbons (Fsp3) is 0.143. The van der Waals surface area contributed by atoms with E-state index in [-0.39, 0.29) is 16.6 Å². The highest BCUT2D eigenvalue weighted by Crippen LogP contribution is 2.52. The lowest BCUT2D eigenvalue weighted by atomic mass is 9.97. The fourth-order valence-corrected chi connectivity index (χ4v) is 4.52. The van der Waals surface area contributed by atoms with Gasteiger partial charge in [0.25, 0.3) is 0 Å². The summed E-state index contributed by atoms with van der Waals surface area (Å²) >= 11 is 1.73. The second kappa shape index (κ2) is 6.86. The summed E-state index contributed by atoms with van der Waals surface area (Å²) < 4.78 is 5.98. The van der Waals surface area contributed by atoms with Crippen molar-refractivity contribution in [2.24, 2.45) is 0 Å². The topological polar surface area (TPSA) is 98.0 Å². The molecule has 4 N–H and O–H groups in total. The van der Waals surface area contributed by atoms with E-state index in [0.29, 0.717) is 11.6 Å². The van der Waals surface area contributed by atoms with Crippen LogP contribution in [-0.2, 0) is 5.75 Å². The van der Waals surface area contributed by atoms with Gasteiger partial charge in [-0.15, -0.1) is 11.8 Å². The number of nitriles is 1. The molecular formula is C21H18N4OS. The van der Waals surface area contributed by atoms with Crippen molar-refractivity contribution in [3.05, 3.63) is 76.3 Å². The van der Waals surface area contributed by atoms with E-state index < -0.39 is 0 Å². The number of hydrogen-bond acceptors (Lipinski definition) is 6. The van der Waals surface area contributed by atoms with Crippen LogP contribution >= 0.6 is 11.8 Å². The smallest absolute Gasteiger partial charge is 0.228 e. The van der Waals surface area contributed by atoms with Crippen LogP contribution in [0.15, 0.2) is 48.5 Å². The van der Waals surface area contributed by atoms with Crippen LogP contribution in [0.4, 0.5) is 11.5 Å². The number of benzene rings is 2. The van der Waals surface area contributed by atoms with E-state index in [1.54, 1.807) is 11.8 Å². The molecule has 1 aliphatic rings. The van der Waals surface area contributed by atoms with Crippen LogP contribution in [0.5, 0.6) is 11.6 Å². The summed E-state index contributed by atoms with van der Waals surface area (Å²) in [5.41, 5.74) is 16.9. The van der Waals surface area contributed by atoms with E-state index in [2.05, 4.69) is 29.3 Å². The number of ether oxygens (including phenoxy) is 1. The second-order valence-corrected chi connectivity index (χ2v) is 7.53. The monoisotopic (exact) mass is 374 g/mol. The number of nitrogen functional groups attached to an aromatic ring is 2. The van der Waals surface area contributed by atoms with Gasteiger partial charge in [-0.2, -0.15) is 10.2 Å². The number of hydrogen-bond donors (Lipinski definition) is 2. The molecule has 0 saturated carbocycles. The number of nitrogens with two attached hydrogens (primary N) is 2. The van der Waals surface area contributed by atoms with Gasteiger partial charge >= 0.3 is 0 Å². The highest BCUT2D eigenvalue weighted by Gasteiger charge is 2.33. The molecule has 3 aromatic rings. The summed E-state index contributed by atoms with van der Waals surface area (Å²) in [5.74, 6) is 2.01. The molecule has 2 heterocycles. The molecule has 1 aliphatic heterocycles. The Labute approximate surface area is 162 Å². The summed E-state index contributed by atoms with van der Waals surface area (Å²) in [7, 11) is 0. The molecular weight excluding hydrogens is 356 g/mol. The van der Waals surface area contributed by atoms with Crippen molar-refractivity contribution in [3.63, 3.8) is 0 Å². The lowest BCUT2D eigenvalue weighted by Crippen LogP contribution is -2.15. The molecule has 27 heavy (non-hydrogen) atoms. The number of nitrogens with zero attached hydrogens (tertiary/aromatic N) is 2. The average molecular weight is 374 g/mol. The first kappa shape index (κ1) is 17.3. The van der Waals surface area contributed by atoms with E-state index in [1.165, 1.54) is 5.56 Å². The van der Waals surface area contributed by atoms with Crippen molar-refractivity contribution in [2.45, 2.75) is 17.9 Å². The Balaban J connectivity index is 1.83. The normalized spacial score (nSPS) is 14.6. The summed E-state index contributed by atoms with van der Waals surface area (Å²) in [5, 5.41) is 9.34. The number of aromatic nitrogens is 1. The van der Waals surface area contributed by atoms with Gasteiger partial charge in [-0.3, -0.25) is 0 Å². The van der Waals surface area contributed by atoms with E-state index in [4.69, 9.17) is 16.2 Å². The lowest BCUT2D eigenvalue weighted by Gasteiger charge is -2.29. The Kier molecular flexibility index (Phi) is 4.38. The van der Waals surface area contributed by atoms with Crippen LogP contribution < -0.4 is 16.2 Å². The number of anilines is 2. The van der Waals surface area contributed by atoms with Crippen LogP contribution in [0.25, 0.3) is 0 Å². The maximum Gasteiger partial charge on any atom is 0.228 e. The van der Waals surface area contributed by atoms with Gasteiger partial charge in [0.1, 0.15) is 23.2 Å². The van der Waals surface area contributed by atoms with Crippen molar-refractivity contribution in [3.8, 4) is 17.7 Å². The summed E-state index contributed by atoms with van der Waals surface area (Å²) in [6.45, 7) is 2.04. The van der Waals surface area contributed by atoms with Crippen LogP contribution in [0.1, 0.15) is 33.1 Å². The van der Waals surface area contributed by atoms with Crippen molar-refractivity contribution >= 4 is 23.3 Å². The molecule has 2 aromatic carbocycles. The third-order valence-electron chi connectivity index (χ3n) is 4.56. The average Bonchev–Trinajstić information content (AvgIpc) is 2.66. The lowest BCUT2D eigenvalue weighted by molar-refractivity contribution is 0.441. The number of aryl methyl sites for hydroxylation is 1. The van der Waals surface area contributed by atoms with Crippen LogP contribution in [0, 0.1) is 18.3 Å². The van der Waals surface area contributed by atoms with Gasteiger partial charge in [0.05, 0.1) is 16.5 Å². The van der Waals surface area contributed by atoms with Crippen molar-refractivity contribution in [1.29, 1.82) is 5.26 Å². The minimum Gasteiger partial charge on any atom is -0.438 e. The zero-order valence-corrected chi connectivity index (χ0v) is 15.6. The molecule has 0 saturated heterocycles. The molecule has 134 valence electrons. The molecule has 0 aliphatic carbocycles. The minimum absolute atomic E-state index is 0.0935. The molecule has 0 fully saturated rings. The Morgan fingerprint density at radius 3 is 2.70 bits per heavy atom. The van der Waals surface area contributed by atoms with Crippen LogP contribution in [-0.4, -0.2) is 4.98 Å². The van der Waals surface area contributed by atoms with Crippen molar-refractivity contribution < 1.29 is 4.74 Å². The zero-order valence-electron chi connectivity index (χ0n) is 14.8. The summed E-state index contributed by atoms with van der Waals surface area (Å²) in [6, 6.07) is 18.3. The number of rotatable bonds is 3. The van der Waals surface area contributed by atoms with Gasteiger partial charge in [-0.25, -0.2) is 0 Å². The predicted molar refractivity (Wildman–Crippen MR) is 109 cm³/mol. The Bertz CT molecular complexity index is 1060. The first-order chi connectivity index (χ1) is 13.1. The Morgan fingerprint density at radius 2 is 1.96 bits per heavy atom. The first-order valence-corrected chi connectivity index (χ1v) is 9.56. The van der Waals surface area contributed by atoms with Gasteiger partial charge < -0.3 is 16.2 Å². The predicted octanol–water partition coefficient (Wildman–Crippen LogP) is 4.55. The third kappa shape index (κ3) is 3.07.